The first-order valence-corrected chi connectivity index (χ1v) is 7.16. The number of cyclic esters (lactones) is 1. The van der Waals surface area contributed by atoms with Crippen molar-refractivity contribution in [3.8, 4) is 0 Å². The summed E-state index contributed by atoms with van der Waals surface area (Å²) < 4.78 is 18.1. The van der Waals surface area contributed by atoms with Crippen molar-refractivity contribution in [2.24, 2.45) is 0 Å². The van der Waals surface area contributed by atoms with Gasteiger partial charge in [-0.25, -0.2) is 9.18 Å². The lowest BCUT2D eigenvalue weighted by Crippen LogP contribution is -1.97. The molecule has 0 spiro atoms. The number of hydrogen-bond acceptors (Lipinski definition) is 2. The minimum atomic E-state index is -0.504. The summed E-state index contributed by atoms with van der Waals surface area (Å²) in [6.07, 6.45) is 3.15. The van der Waals surface area contributed by atoms with Crippen LogP contribution in [0.25, 0.3) is 11.8 Å². The molecule has 1 aliphatic heterocycles. The third-order valence-corrected chi connectivity index (χ3v) is 3.81. The van der Waals surface area contributed by atoms with E-state index in [-0.39, 0.29) is 5.82 Å². The van der Waals surface area contributed by atoms with E-state index in [9.17, 15) is 9.18 Å². The molecule has 5 heteroatoms. The summed E-state index contributed by atoms with van der Waals surface area (Å²) in [4.78, 5) is 11.9. The van der Waals surface area contributed by atoms with Gasteiger partial charge < -0.3 is 4.74 Å². The van der Waals surface area contributed by atoms with Crippen LogP contribution >= 0.6 is 23.2 Å². The molecule has 0 fully saturated rings. The summed E-state index contributed by atoms with van der Waals surface area (Å²) in [6, 6.07) is 10.8. The number of ether oxygens (including phenoxy) is 1. The highest BCUT2D eigenvalue weighted by Gasteiger charge is 2.22. The van der Waals surface area contributed by atoms with Gasteiger partial charge in [0, 0.05) is 21.2 Å². The van der Waals surface area contributed by atoms with E-state index < -0.39 is 5.97 Å². The summed E-state index contributed by atoms with van der Waals surface area (Å²) >= 11 is 12.2. The van der Waals surface area contributed by atoms with Crippen molar-refractivity contribution in [2.45, 2.75) is 0 Å². The topological polar surface area (TPSA) is 26.3 Å². The molecule has 0 amide bonds. The summed E-state index contributed by atoms with van der Waals surface area (Å²) in [6.45, 7) is 0. The van der Waals surface area contributed by atoms with E-state index in [2.05, 4.69) is 0 Å². The second-order valence-corrected chi connectivity index (χ2v) is 5.45. The van der Waals surface area contributed by atoms with Gasteiger partial charge in [-0.15, -0.1) is 0 Å². The molecule has 2 aromatic rings. The average molecular weight is 335 g/mol. The zero-order chi connectivity index (χ0) is 15.7. The third-order valence-electron chi connectivity index (χ3n) is 3.15. The van der Waals surface area contributed by atoms with Crippen molar-refractivity contribution in [1.29, 1.82) is 0 Å². The maximum atomic E-state index is 12.9. The molecule has 0 bridgehead atoms. The summed E-state index contributed by atoms with van der Waals surface area (Å²) in [7, 11) is 0. The van der Waals surface area contributed by atoms with Crippen LogP contribution in [-0.2, 0) is 9.53 Å². The van der Waals surface area contributed by atoms with Gasteiger partial charge in [0.1, 0.15) is 11.6 Å². The maximum Gasteiger partial charge on any atom is 0.343 e. The highest BCUT2D eigenvalue weighted by molar-refractivity contribution is 6.37. The first kappa shape index (κ1) is 14.8. The predicted molar refractivity (Wildman–Crippen MR) is 84.9 cm³/mol. The van der Waals surface area contributed by atoms with Crippen LogP contribution in [0, 0.1) is 5.82 Å². The van der Waals surface area contributed by atoms with E-state index in [0.29, 0.717) is 32.5 Å². The van der Waals surface area contributed by atoms with Gasteiger partial charge in [0.25, 0.3) is 0 Å². The van der Waals surface area contributed by atoms with Crippen molar-refractivity contribution in [3.63, 3.8) is 0 Å². The second kappa shape index (κ2) is 5.95. The average Bonchev–Trinajstić information content (AvgIpc) is 2.85. The van der Waals surface area contributed by atoms with E-state index in [4.69, 9.17) is 27.9 Å². The van der Waals surface area contributed by atoms with Crippen molar-refractivity contribution in [2.75, 3.05) is 0 Å². The van der Waals surface area contributed by atoms with Crippen LogP contribution in [-0.4, -0.2) is 5.97 Å². The summed E-state index contributed by atoms with van der Waals surface area (Å²) in [5.41, 5.74) is 1.49. The largest absolute Gasteiger partial charge is 0.422 e. The second-order valence-electron chi connectivity index (χ2n) is 4.64. The first-order valence-electron chi connectivity index (χ1n) is 6.40. The third kappa shape index (κ3) is 2.91. The van der Waals surface area contributed by atoms with Crippen molar-refractivity contribution in [1.82, 2.24) is 0 Å². The van der Waals surface area contributed by atoms with Gasteiger partial charge in [0.05, 0.1) is 5.57 Å². The fraction of sp³-hybridized carbons (Fsp3) is 0. The first-order chi connectivity index (χ1) is 10.5. The van der Waals surface area contributed by atoms with Crippen LogP contribution in [0.5, 0.6) is 0 Å². The molecule has 2 aromatic carbocycles. The Hall–Kier alpha value is -2.10. The molecule has 1 heterocycles. The van der Waals surface area contributed by atoms with Gasteiger partial charge in [-0.2, -0.15) is 0 Å². The number of benzene rings is 2. The highest BCUT2D eigenvalue weighted by Crippen LogP contribution is 2.31. The molecule has 0 N–H and O–H groups in total. The standard InChI is InChI=1S/C17H9Cl2FO2/c18-14-2-1-3-15(19)13(14)8-11-9-16(22-17(11)21)10-4-6-12(20)7-5-10/h1-9H/b11-8+. The Bertz CT molecular complexity index is 788. The van der Waals surface area contributed by atoms with Gasteiger partial charge in [0.2, 0.25) is 0 Å². The molecule has 110 valence electrons. The van der Waals surface area contributed by atoms with E-state index in [1.54, 1.807) is 42.5 Å². The lowest BCUT2D eigenvalue weighted by molar-refractivity contribution is -0.130. The number of carbonyl (C=O) groups excluding carboxylic acids is 1. The fourth-order valence-corrected chi connectivity index (χ4v) is 2.56. The lowest BCUT2D eigenvalue weighted by Gasteiger charge is -2.01. The van der Waals surface area contributed by atoms with Crippen LogP contribution in [0.3, 0.4) is 0 Å². The smallest absolute Gasteiger partial charge is 0.343 e. The van der Waals surface area contributed by atoms with E-state index in [1.807, 2.05) is 0 Å². The molecule has 3 rings (SSSR count). The Balaban J connectivity index is 1.99. The molecule has 0 aromatic heterocycles. The molecule has 0 aliphatic carbocycles. The van der Waals surface area contributed by atoms with Gasteiger partial charge in [-0.3, -0.25) is 0 Å². The Labute approximate surface area is 136 Å². The minimum absolute atomic E-state index is 0.328. The predicted octanol–water partition coefficient (Wildman–Crippen LogP) is 5.11. The van der Waals surface area contributed by atoms with Crippen LogP contribution < -0.4 is 0 Å². The molecule has 0 radical (unpaired) electrons. The van der Waals surface area contributed by atoms with Gasteiger partial charge in [-0.05, 0) is 48.6 Å². The maximum absolute atomic E-state index is 12.9. The zero-order valence-electron chi connectivity index (χ0n) is 11.1. The summed E-state index contributed by atoms with van der Waals surface area (Å²) in [5, 5.41) is 0.882. The number of esters is 1. The number of rotatable bonds is 2. The minimum Gasteiger partial charge on any atom is -0.422 e. The number of halogens is 3. The van der Waals surface area contributed by atoms with Gasteiger partial charge >= 0.3 is 5.97 Å². The van der Waals surface area contributed by atoms with Crippen molar-refractivity contribution >= 4 is 41.0 Å². The molecule has 0 unspecified atom stereocenters. The molecule has 0 saturated heterocycles. The Morgan fingerprint density at radius 1 is 1.00 bits per heavy atom. The SMILES string of the molecule is O=C1OC(c2ccc(F)cc2)=C/C1=C\c1c(Cl)cccc1Cl. The molecular formula is C17H9Cl2FO2. The molecule has 0 atom stereocenters. The normalized spacial score (nSPS) is 15.9. The van der Waals surface area contributed by atoms with Crippen LogP contribution in [0.15, 0.2) is 54.1 Å². The Morgan fingerprint density at radius 3 is 2.27 bits per heavy atom. The van der Waals surface area contributed by atoms with Gasteiger partial charge in [-0.1, -0.05) is 29.3 Å². The molecule has 2 nitrogen and oxygen atoms in total. The monoisotopic (exact) mass is 334 g/mol. The lowest BCUT2D eigenvalue weighted by atomic mass is 10.1. The van der Waals surface area contributed by atoms with Gasteiger partial charge in [0.15, 0.2) is 0 Å². The fourth-order valence-electron chi connectivity index (χ4n) is 2.05. The Morgan fingerprint density at radius 2 is 1.64 bits per heavy atom. The van der Waals surface area contributed by atoms with Crippen LogP contribution in [0.4, 0.5) is 4.39 Å². The quantitative estimate of drug-likeness (QED) is 0.563. The molecule has 0 saturated carbocycles. The number of carbonyl (C=O) groups is 1. The Kier molecular flexibility index (Phi) is 4.01. The highest BCUT2D eigenvalue weighted by atomic mass is 35.5. The molecule has 1 aliphatic rings. The summed E-state index contributed by atoms with van der Waals surface area (Å²) in [5.74, 6) is -0.498. The van der Waals surface area contributed by atoms with E-state index in [1.165, 1.54) is 12.1 Å². The van der Waals surface area contributed by atoms with E-state index in [0.717, 1.165) is 0 Å². The van der Waals surface area contributed by atoms with Crippen LogP contribution in [0.1, 0.15) is 11.1 Å². The van der Waals surface area contributed by atoms with Crippen molar-refractivity contribution < 1.29 is 13.9 Å². The van der Waals surface area contributed by atoms with Crippen LogP contribution in [0.2, 0.25) is 10.0 Å². The molecular weight excluding hydrogens is 326 g/mol. The van der Waals surface area contributed by atoms with Crippen molar-refractivity contribution in [3.05, 3.63) is 81.1 Å². The zero-order valence-corrected chi connectivity index (χ0v) is 12.7. The van der Waals surface area contributed by atoms with E-state index >= 15 is 0 Å². The number of hydrogen-bond donors (Lipinski definition) is 0. The molecule has 22 heavy (non-hydrogen) atoms.